The molecule has 3 rings (SSSR count). The first kappa shape index (κ1) is 27.3. The molecule has 1 aliphatic rings. The van der Waals surface area contributed by atoms with Crippen LogP contribution in [-0.2, 0) is 21.1 Å². The number of rotatable bonds is 11. The summed E-state index contributed by atoms with van der Waals surface area (Å²) in [6.07, 6.45) is 1.65. The van der Waals surface area contributed by atoms with Gasteiger partial charge in [0.1, 0.15) is 5.75 Å². The van der Waals surface area contributed by atoms with Crippen molar-refractivity contribution in [1.29, 1.82) is 0 Å². The number of nitrogens with zero attached hydrogens (tertiary/aromatic N) is 3. The van der Waals surface area contributed by atoms with Crippen molar-refractivity contribution < 1.29 is 21.6 Å². The van der Waals surface area contributed by atoms with E-state index in [1.807, 2.05) is 62.3 Å². The fraction of sp³-hybridized carbons (Fsp3) is 0.500. The minimum absolute atomic E-state index is 0.0546. The second-order valence-corrected chi connectivity index (χ2v) is 11.8. The van der Waals surface area contributed by atoms with Crippen LogP contribution < -0.4 is 18.7 Å². The summed E-state index contributed by atoms with van der Waals surface area (Å²) in [6.45, 7) is 2.96. The van der Waals surface area contributed by atoms with Crippen LogP contribution in [0.3, 0.4) is 0 Å². The van der Waals surface area contributed by atoms with E-state index in [0.29, 0.717) is 18.8 Å². The second-order valence-electron chi connectivity index (χ2n) is 9.13. The molecule has 0 bridgehead atoms. The van der Waals surface area contributed by atoms with Gasteiger partial charge in [0.2, 0.25) is 10.9 Å². The van der Waals surface area contributed by atoms with Gasteiger partial charge in [-0.1, -0.05) is 25.1 Å². The number of anilines is 2. The molecule has 1 heterocycles. The summed E-state index contributed by atoms with van der Waals surface area (Å²) in [4.78, 5) is 1.93. The SMILES string of the molecule is COc1ccccc1[C@@H]1CCCN(S(=O)(=O)NC[C@H](C)CN(c2ccc(N(C)C)cc2)[SH](=O)=O)C1. The molecule has 194 valence electrons. The van der Waals surface area contributed by atoms with Gasteiger partial charge < -0.3 is 9.64 Å². The van der Waals surface area contributed by atoms with Gasteiger partial charge in [0.25, 0.3) is 10.2 Å². The molecule has 2 atom stereocenters. The molecular formula is C24H36N4O5S2. The van der Waals surface area contributed by atoms with Crippen molar-refractivity contribution >= 4 is 32.5 Å². The van der Waals surface area contributed by atoms with Gasteiger partial charge in [-0.25, -0.2) is 13.1 Å². The maximum atomic E-state index is 13.1. The minimum Gasteiger partial charge on any atom is -0.496 e. The molecule has 0 amide bonds. The van der Waals surface area contributed by atoms with E-state index in [1.165, 1.54) is 8.61 Å². The van der Waals surface area contributed by atoms with E-state index in [9.17, 15) is 16.8 Å². The number of para-hydroxylation sites is 1. The number of piperidine rings is 1. The molecule has 11 heteroatoms. The largest absolute Gasteiger partial charge is 0.496 e. The fourth-order valence-corrected chi connectivity index (χ4v) is 6.46. The van der Waals surface area contributed by atoms with Crippen molar-refractivity contribution in [3.05, 3.63) is 54.1 Å². The number of ether oxygens (including phenoxy) is 1. The molecule has 0 saturated carbocycles. The van der Waals surface area contributed by atoms with E-state index in [1.54, 1.807) is 19.2 Å². The second kappa shape index (κ2) is 12.1. The van der Waals surface area contributed by atoms with Gasteiger partial charge in [0.05, 0.1) is 12.8 Å². The van der Waals surface area contributed by atoms with Crippen molar-refractivity contribution in [2.75, 3.05) is 56.6 Å². The van der Waals surface area contributed by atoms with E-state index >= 15 is 0 Å². The molecule has 35 heavy (non-hydrogen) atoms. The third-order valence-corrected chi connectivity index (χ3v) is 8.59. The van der Waals surface area contributed by atoms with Gasteiger partial charge in [0, 0.05) is 51.9 Å². The summed E-state index contributed by atoms with van der Waals surface area (Å²) >= 11 is 0. The molecule has 1 N–H and O–H groups in total. The summed E-state index contributed by atoms with van der Waals surface area (Å²) in [5, 5.41) is 0. The predicted octanol–water partition coefficient (Wildman–Crippen LogP) is 2.44. The summed E-state index contributed by atoms with van der Waals surface area (Å²) in [7, 11) is -1.13. The number of nitrogens with one attached hydrogen (secondary N) is 1. The van der Waals surface area contributed by atoms with Crippen molar-refractivity contribution in [1.82, 2.24) is 9.03 Å². The molecular weight excluding hydrogens is 488 g/mol. The Bertz CT molecular complexity index is 1140. The van der Waals surface area contributed by atoms with Gasteiger partial charge in [0.15, 0.2) is 0 Å². The Morgan fingerprint density at radius 1 is 1.11 bits per heavy atom. The minimum atomic E-state index is -3.71. The Balaban J connectivity index is 1.62. The molecule has 0 unspecified atom stereocenters. The Labute approximate surface area is 210 Å². The Hall–Kier alpha value is -2.34. The Morgan fingerprint density at radius 2 is 1.77 bits per heavy atom. The lowest BCUT2D eigenvalue weighted by Crippen LogP contribution is -2.47. The van der Waals surface area contributed by atoms with Crippen LogP contribution in [0.15, 0.2) is 48.5 Å². The maximum Gasteiger partial charge on any atom is 0.279 e. The summed E-state index contributed by atoms with van der Waals surface area (Å²) in [5.41, 5.74) is 2.53. The first-order valence-corrected chi connectivity index (χ1v) is 14.3. The normalized spacial score (nSPS) is 17.8. The van der Waals surface area contributed by atoms with Gasteiger partial charge >= 0.3 is 0 Å². The van der Waals surface area contributed by atoms with E-state index in [0.717, 1.165) is 29.8 Å². The third-order valence-electron chi connectivity index (χ3n) is 6.26. The summed E-state index contributed by atoms with van der Waals surface area (Å²) in [5.74, 6) is 0.587. The zero-order valence-corrected chi connectivity index (χ0v) is 22.5. The van der Waals surface area contributed by atoms with Crippen LogP contribution in [-0.4, -0.2) is 68.5 Å². The van der Waals surface area contributed by atoms with Crippen LogP contribution in [0.1, 0.15) is 31.2 Å². The molecule has 2 aromatic carbocycles. The quantitative estimate of drug-likeness (QED) is 0.438. The van der Waals surface area contributed by atoms with E-state index in [4.69, 9.17) is 4.74 Å². The molecule has 0 spiro atoms. The Morgan fingerprint density at radius 3 is 2.40 bits per heavy atom. The molecule has 2 aromatic rings. The molecule has 1 aliphatic heterocycles. The van der Waals surface area contributed by atoms with Crippen molar-refractivity contribution in [3.8, 4) is 5.75 Å². The highest BCUT2D eigenvalue weighted by Gasteiger charge is 2.31. The topological polar surface area (TPSA) is 99.3 Å². The van der Waals surface area contributed by atoms with Crippen LogP contribution in [0.2, 0.25) is 0 Å². The van der Waals surface area contributed by atoms with Gasteiger partial charge in [-0.15, -0.1) is 0 Å². The highest BCUT2D eigenvalue weighted by Crippen LogP contribution is 2.33. The molecule has 9 nitrogen and oxygen atoms in total. The van der Waals surface area contributed by atoms with E-state index < -0.39 is 21.1 Å². The lowest BCUT2D eigenvalue weighted by molar-refractivity contribution is 0.304. The van der Waals surface area contributed by atoms with Crippen molar-refractivity contribution in [2.45, 2.75) is 25.7 Å². The van der Waals surface area contributed by atoms with Gasteiger partial charge in [-0.2, -0.15) is 12.7 Å². The van der Waals surface area contributed by atoms with Crippen LogP contribution in [0.5, 0.6) is 5.75 Å². The first-order chi connectivity index (χ1) is 16.6. The van der Waals surface area contributed by atoms with Crippen LogP contribution in [0.25, 0.3) is 0 Å². The van der Waals surface area contributed by atoms with Crippen molar-refractivity contribution in [2.24, 2.45) is 5.92 Å². The van der Waals surface area contributed by atoms with Gasteiger partial charge in [-0.3, -0.25) is 4.31 Å². The maximum absolute atomic E-state index is 13.1. The Kier molecular flexibility index (Phi) is 9.40. The smallest absolute Gasteiger partial charge is 0.279 e. The molecule has 0 aliphatic carbocycles. The average Bonchev–Trinajstić information content (AvgIpc) is 2.86. The highest BCUT2D eigenvalue weighted by molar-refractivity contribution is 7.87. The van der Waals surface area contributed by atoms with Crippen LogP contribution in [0, 0.1) is 5.92 Å². The van der Waals surface area contributed by atoms with E-state index in [-0.39, 0.29) is 24.9 Å². The number of hydrogen-bond donors (Lipinski definition) is 2. The van der Waals surface area contributed by atoms with Gasteiger partial charge in [-0.05, 0) is 54.7 Å². The zero-order chi connectivity index (χ0) is 25.6. The number of hydrogen-bond acceptors (Lipinski definition) is 6. The highest BCUT2D eigenvalue weighted by atomic mass is 32.2. The zero-order valence-electron chi connectivity index (χ0n) is 20.8. The number of benzene rings is 2. The fourth-order valence-electron chi connectivity index (χ4n) is 4.31. The predicted molar refractivity (Wildman–Crippen MR) is 141 cm³/mol. The molecule has 1 saturated heterocycles. The number of thiol groups is 1. The monoisotopic (exact) mass is 524 g/mol. The molecule has 1 fully saturated rings. The van der Waals surface area contributed by atoms with Crippen LogP contribution in [0.4, 0.5) is 11.4 Å². The summed E-state index contributed by atoms with van der Waals surface area (Å²) in [6, 6.07) is 14.9. The molecule has 0 aromatic heterocycles. The molecule has 0 radical (unpaired) electrons. The van der Waals surface area contributed by atoms with Crippen LogP contribution >= 0.6 is 0 Å². The first-order valence-electron chi connectivity index (χ1n) is 11.7. The number of methoxy groups -OCH3 is 1. The standard InChI is InChI=1S/C24H36N4O5S2/c1-19(17-28(34(29)30)22-13-11-21(12-14-22)26(2)3)16-25-35(31,32)27-15-7-8-20(18-27)23-9-5-6-10-24(23)33-4/h5-6,9-14,19-20,25,34H,7-8,15-18H2,1-4H3/t19-,20+/m0/s1. The lowest BCUT2D eigenvalue weighted by atomic mass is 9.91. The van der Waals surface area contributed by atoms with E-state index in [2.05, 4.69) is 4.72 Å². The lowest BCUT2D eigenvalue weighted by Gasteiger charge is -2.33. The average molecular weight is 525 g/mol. The van der Waals surface area contributed by atoms with Crippen molar-refractivity contribution in [3.63, 3.8) is 0 Å². The summed E-state index contributed by atoms with van der Waals surface area (Å²) < 4.78 is 60.9. The third kappa shape index (κ3) is 7.09.